The first-order valence-electron chi connectivity index (χ1n) is 8.71. The lowest BCUT2D eigenvalue weighted by atomic mass is 10.1. The number of anilines is 1. The van der Waals surface area contributed by atoms with Crippen LogP contribution in [0, 0.1) is 18.3 Å². The minimum atomic E-state index is -4.75. The van der Waals surface area contributed by atoms with Gasteiger partial charge in [0.2, 0.25) is 0 Å². The SMILES string of the molecule is Cc1cc(C(F)(F)F)cc(Cl)c1-n1nc(C#N)c(SC(F)(F)F)c1NCc1ccccn1. The fraction of sp³-hybridized carbons (Fsp3) is 0.211. The Hall–Kier alpha value is -2.91. The quantitative estimate of drug-likeness (QED) is 0.333. The molecule has 0 amide bonds. The molecular formula is C19H12ClF6N5S. The van der Waals surface area contributed by atoms with Crippen molar-refractivity contribution >= 4 is 29.2 Å². The number of nitrogens with zero attached hydrogens (tertiary/aromatic N) is 4. The molecule has 0 unspecified atom stereocenters. The van der Waals surface area contributed by atoms with Crippen molar-refractivity contribution < 1.29 is 26.3 Å². The van der Waals surface area contributed by atoms with E-state index in [0.717, 1.165) is 10.7 Å². The zero-order valence-corrected chi connectivity index (χ0v) is 17.6. The summed E-state index contributed by atoms with van der Waals surface area (Å²) in [4.78, 5) is 3.53. The molecule has 0 atom stereocenters. The minimum absolute atomic E-state index is 0.00117. The molecule has 0 spiro atoms. The van der Waals surface area contributed by atoms with Crippen molar-refractivity contribution in [2.75, 3.05) is 5.32 Å². The zero-order chi connectivity index (χ0) is 23.7. The standard InChI is InChI=1S/C19H12ClF6N5S/c1-10-6-11(18(21,22)23)7-13(20)15(10)31-17(29-9-12-4-2-3-5-28-12)16(14(8-27)30-31)32-19(24,25)26/h2-7,29H,9H2,1H3. The number of benzene rings is 1. The van der Waals surface area contributed by atoms with E-state index in [1.165, 1.54) is 13.1 Å². The number of aryl methyl sites for hydroxylation is 1. The smallest absolute Gasteiger partial charge is 0.363 e. The summed E-state index contributed by atoms with van der Waals surface area (Å²) in [5, 5.41) is 15.6. The Morgan fingerprint density at radius 1 is 1.19 bits per heavy atom. The highest BCUT2D eigenvalue weighted by Gasteiger charge is 2.36. The van der Waals surface area contributed by atoms with Gasteiger partial charge in [-0.25, -0.2) is 4.68 Å². The summed E-state index contributed by atoms with van der Waals surface area (Å²) >= 11 is 5.53. The van der Waals surface area contributed by atoms with Gasteiger partial charge in [0.25, 0.3) is 0 Å². The van der Waals surface area contributed by atoms with Crippen LogP contribution in [0.25, 0.3) is 5.69 Å². The summed E-state index contributed by atoms with van der Waals surface area (Å²) in [5.74, 6) is -0.251. The molecule has 2 heterocycles. The predicted octanol–water partition coefficient (Wildman–Crippen LogP) is 6.34. The van der Waals surface area contributed by atoms with Crippen molar-refractivity contribution in [3.05, 3.63) is 64.1 Å². The van der Waals surface area contributed by atoms with Crippen LogP contribution in [0.3, 0.4) is 0 Å². The van der Waals surface area contributed by atoms with Crippen molar-refractivity contribution in [3.8, 4) is 11.8 Å². The molecule has 0 aliphatic heterocycles. The van der Waals surface area contributed by atoms with Crippen LogP contribution >= 0.6 is 23.4 Å². The van der Waals surface area contributed by atoms with E-state index in [0.29, 0.717) is 11.8 Å². The highest BCUT2D eigenvalue weighted by molar-refractivity contribution is 8.00. The van der Waals surface area contributed by atoms with Gasteiger partial charge in [-0.1, -0.05) is 17.7 Å². The molecule has 0 fully saturated rings. The lowest BCUT2D eigenvalue weighted by molar-refractivity contribution is -0.137. The van der Waals surface area contributed by atoms with Gasteiger partial charge in [0.15, 0.2) is 5.69 Å². The van der Waals surface area contributed by atoms with Crippen molar-refractivity contribution in [2.45, 2.75) is 30.0 Å². The Morgan fingerprint density at radius 2 is 1.91 bits per heavy atom. The average molecular weight is 492 g/mol. The fourth-order valence-electron chi connectivity index (χ4n) is 2.85. The molecule has 0 bridgehead atoms. The summed E-state index contributed by atoms with van der Waals surface area (Å²) < 4.78 is 79.8. The van der Waals surface area contributed by atoms with Crippen LogP contribution in [0.15, 0.2) is 41.4 Å². The number of rotatable bonds is 5. The summed E-state index contributed by atoms with van der Waals surface area (Å²) in [5.41, 5.74) is -5.96. The molecule has 0 aliphatic carbocycles. The van der Waals surface area contributed by atoms with Gasteiger partial charge >= 0.3 is 11.7 Å². The number of nitriles is 1. The molecule has 2 aromatic heterocycles. The van der Waals surface area contributed by atoms with Crippen LogP contribution in [0.1, 0.15) is 22.5 Å². The Labute approximate surface area is 187 Å². The molecule has 0 saturated heterocycles. The molecular weight excluding hydrogens is 480 g/mol. The number of halogens is 7. The summed E-state index contributed by atoms with van der Waals surface area (Å²) in [6.45, 7) is 1.27. The van der Waals surface area contributed by atoms with E-state index in [2.05, 4.69) is 15.4 Å². The third kappa shape index (κ3) is 5.28. The lowest BCUT2D eigenvalue weighted by Gasteiger charge is -2.17. The Balaban J connectivity index is 2.18. The Morgan fingerprint density at radius 3 is 2.44 bits per heavy atom. The van der Waals surface area contributed by atoms with Gasteiger partial charge in [0, 0.05) is 6.20 Å². The predicted molar refractivity (Wildman–Crippen MR) is 107 cm³/mol. The second kappa shape index (κ2) is 8.91. The molecule has 3 aromatic rings. The zero-order valence-electron chi connectivity index (χ0n) is 16.0. The van der Waals surface area contributed by atoms with Crippen LogP contribution in [0.4, 0.5) is 32.2 Å². The van der Waals surface area contributed by atoms with Gasteiger partial charge < -0.3 is 5.32 Å². The van der Waals surface area contributed by atoms with Crippen LogP contribution in [-0.4, -0.2) is 20.3 Å². The molecule has 32 heavy (non-hydrogen) atoms. The molecule has 0 aliphatic rings. The maximum Gasteiger partial charge on any atom is 0.446 e. The molecule has 3 rings (SSSR count). The normalized spacial score (nSPS) is 12.0. The van der Waals surface area contributed by atoms with Gasteiger partial charge in [-0.05, 0) is 48.5 Å². The molecule has 1 aromatic carbocycles. The van der Waals surface area contributed by atoms with Crippen LogP contribution in [0.2, 0.25) is 5.02 Å². The largest absolute Gasteiger partial charge is 0.446 e. The highest BCUT2D eigenvalue weighted by atomic mass is 35.5. The second-order valence-corrected chi connectivity index (χ2v) is 7.88. The molecule has 0 saturated carbocycles. The van der Waals surface area contributed by atoms with E-state index < -0.39 is 44.6 Å². The minimum Gasteiger partial charge on any atom is -0.363 e. The number of hydrogen-bond donors (Lipinski definition) is 1. The van der Waals surface area contributed by atoms with E-state index in [-0.39, 0.29) is 23.6 Å². The van der Waals surface area contributed by atoms with Crippen molar-refractivity contribution in [3.63, 3.8) is 0 Å². The Kier molecular flexibility index (Phi) is 6.61. The van der Waals surface area contributed by atoms with E-state index in [9.17, 15) is 31.6 Å². The van der Waals surface area contributed by atoms with Gasteiger partial charge in [0.05, 0.1) is 33.4 Å². The van der Waals surface area contributed by atoms with Crippen LogP contribution in [-0.2, 0) is 12.7 Å². The van der Waals surface area contributed by atoms with Crippen molar-refractivity contribution in [1.29, 1.82) is 5.26 Å². The topological polar surface area (TPSA) is 66.5 Å². The first kappa shape index (κ1) is 23.7. The van der Waals surface area contributed by atoms with Gasteiger partial charge in [-0.3, -0.25) is 4.98 Å². The fourth-order valence-corrected chi connectivity index (χ4v) is 3.87. The van der Waals surface area contributed by atoms with E-state index in [1.807, 2.05) is 0 Å². The summed E-state index contributed by atoms with van der Waals surface area (Å²) in [6.07, 6.45) is -3.19. The second-order valence-electron chi connectivity index (χ2n) is 6.39. The molecule has 1 N–H and O–H groups in total. The molecule has 5 nitrogen and oxygen atoms in total. The Bertz CT molecular complexity index is 1140. The third-order valence-corrected chi connectivity index (χ3v) is 5.23. The number of alkyl halides is 6. The number of nitrogens with one attached hydrogen (secondary N) is 1. The number of thioether (sulfide) groups is 1. The van der Waals surface area contributed by atoms with Crippen molar-refractivity contribution in [2.24, 2.45) is 0 Å². The third-order valence-electron chi connectivity index (χ3n) is 4.12. The maximum atomic E-state index is 13.2. The first-order chi connectivity index (χ1) is 14.9. The number of aromatic nitrogens is 3. The summed E-state index contributed by atoms with van der Waals surface area (Å²) in [7, 11) is 0. The molecule has 0 radical (unpaired) electrons. The number of hydrogen-bond acceptors (Lipinski definition) is 5. The summed E-state index contributed by atoms with van der Waals surface area (Å²) in [6, 6.07) is 7.98. The van der Waals surface area contributed by atoms with Crippen LogP contribution in [0.5, 0.6) is 0 Å². The first-order valence-corrected chi connectivity index (χ1v) is 9.90. The van der Waals surface area contributed by atoms with E-state index in [1.54, 1.807) is 24.3 Å². The van der Waals surface area contributed by atoms with Gasteiger partial charge in [-0.15, -0.1) is 0 Å². The highest BCUT2D eigenvalue weighted by Crippen LogP contribution is 2.44. The van der Waals surface area contributed by atoms with Gasteiger partial charge in [0.1, 0.15) is 11.9 Å². The monoisotopic (exact) mass is 491 g/mol. The average Bonchev–Trinajstić information content (AvgIpc) is 3.01. The molecule has 13 heteroatoms. The van der Waals surface area contributed by atoms with Crippen LogP contribution < -0.4 is 5.32 Å². The maximum absolute atomic E-state index is 13.2. The molecule has 168 valence electrons. The number of pyridine rings is 1. The lowest BCUT2D eigenvalue weighted by Crippen LogP contribution is -2.12. The van der Waals surface area contributed by atoms with E-state index in [4.69, 9.17) is 11.6 Å². The van der Waals surface area contributed by atoms with Crippen molar-refractivity contribution in [1.82, 2.24) is 14.8 Å². The van der Waals surface area contributed by atoms with E-state index >= 15 is 0 Å². The van der Waals surface area contributed by atoms with Gasteiger partial charge in [-0.2, -0.15) is 36.7 Å².